The number of nitrogens with one attached hydrogen (secondary N) is 2. The van der Waals surface area contributed by atoms with Crippen LogP contribution in [0.15, 0.2) is 24.3 Å². The standard InChI is InChI=1S/C14H21FN2/c1-12-5-2-3-6-13(12)17-11-14(15)7-4-9-16-10-8-14/h2-3,5-6,16-17H,4,7-11H2,1H3. The van der Waals surface area contributed by atoms with Crippen LogP contribution < -0.4 is 10.6 Å². The van der Waals surface area contributed by atoms with Gasteiger partial charge in [-0.2, -0.15) is 0 Å². The van der Waals surface area contributed by atoms with E-state index in [1.807, 2.05) is 31.2 Å². The van der Waals surface area contributed by atoms with Gasteiger partial charge in [-0.25, -0.2) is 4.39 Å². The average molecular weight is 236 g/mol. The zero-order valence-electron chi connectivity index (χ0n) is 10.4. The Labute approximate surface area is 103 Å². The lowest BCUT2D eigenvalue weighted by atomic mass is 9.96. The Bertz CT molecular complexity index is 357. The normalized spacial score (nSPS) is 25.3. The summed E-state index contributed by atoms with van der Waals surface area (Å²) in [6.07, 6.45) is 2.18. The summed E-state index contributed by atoms with van der Waals surface area (Å²) < 4.78 is 14.5. The molecule has 0 aliphatic carbocycles. The molecule has 1 heterocycles. The highest BCUT2D eigenvalue weighted by atomic mass is 19.1. The maximum atomic E-state index is 14.5. The minimum atomic E-state index is -1.06. The maximum Gasteiger partial charge on any atom is 0.129 e. The summed E-state index contributed by atoms with van der Waals surface area (Å²) in [5.41, 5.74) is 1.15. The molecule has 94 valence electrons. The number of hydrogen-bond acceptors (Lipinski definition) is 2. The monoisotopic (exact) mass is 236 g/mol. The second-order valence-corrected chi connectivity index (χ2v) is 4.92. The molecule has 0 bridgehead atoms. The van der Waals surface area contributed by atoms with Crippen molar-refractivity contribution in [2.45, 2.75) is 31.9 Å². The Hall–Kier alpha value is -1.09. The molecule has 2 N–H and O–H groups in total. The van der Waals surface area contributed by atoms with E-state index in [4.69, 9.17) is 0 Å². The zero-order valence-corrected chi connectivity index (χ0v) is 10.4. The minimum absolute atomic E-state index is 0.416. The van der Waals surface area contributed by atoms with Gasteiger partial charge < -0.3 is 10.6 Å². The number of para-hydroxylation sites is 1. The van der Waals surface area contributed by atoms with Crippen molar-refractivity contribution < 1.29 is 4.39 Å². The molecule has 1 unspecified atom stereocenters. The van der Waals surface area contributed by atoms with E-state index in [9.17, 15) is 4.39 Å². The molecule has 0 saturated carbocycles. The topological polar surface area (TPSA) is 24.1 Å². The maximum absolute atomic E-state index is 14.5. The van der Waals surface area contributed by atoms with Crippen molar-refractivity contribution in [1.82, 2.24) is 5.32 Å². The second kappa shape index (κ2) is 5.50. The summed E-state index contributed by atoms with van der Waals surface area (Å²) in [5.74, 6) is 0. The quantitative estimate of drug-likeness (QED) is 0.843. The highest BCUT2D eigenvalue weighted by molar-refractivity contribution is 5.50. The molecule has 0 aromatic heterocycles. The van der Waals surface area contributed by atoms with Gasteiger partial charge in [0.25, 0.3) is 0 Å². The van der Waals surface area contributed by atoms with Gasteiger partial charge in [0.2, 0.25) is 0 Å². The molecular formula is C14H21FN2. The number of benzene rings is 1. The number of rotatable bonds is 3. The van der Waals surface area contributed by atoms with Gasteiger partial charge in [0.15, 0.2) is 0 Å². The van der Waals surface area contributed by atoms with Crippen molar-refractivity contribution in [3.8, 4) is 0 Å². The lowest BCUT2D eigenvalue weighted by Gasteiger charge is -2.24. The molecule has 17 heavy (non-hydrogen) atoms. The van der Waals surface area contributed by atoms with Crippen molar-refractivity contribution in [2.24, 2.45) is 0 Å². The Morgan fingerprint density at radius 2 is 2.12 bits per heavy atom. The first kappa shape index (κ1) is 12.4. The molecular weight excluding hydrogens is 215 g/mol. The van der Waals surface area contributed by atoms with Crippen LogP contribution in [-0.4, -0.2) is 25.3 Å². The van der Waals surface area contributed by atoms with Crippen LogP contribution in [0.5, 0.6) is 0 Å². The number of alkyl halides is 1. The fourth-order valence-corrected chi connectivity index (χ4v) is 2.29. The van der Waals surface area contributed by atoms with E-state index in [1.165, 1.54) is 5.56 Å². The number of hydrogen-bond donors (Lipinski definition) is 2. The van der Waals surface area contributed by atoms with E-state index >= 15 is 0 Å². The minimum Gasteiger partial charge on any atom is -0.382 e. The van der Waals surface area contributed by atoms with Gasteiger partial charge >= 0.3 is 0 Å². The summed E-state index contributed by atoms with van der Waals surface area (Å²) in [7, 11) is 0. The highest BCUT2D eigenvalue weighted by Gasteiger charge is 2.30. The molecule has 0 amide bonds. The summed E-state index contributed by atoms with van der Waals surface area (Å²) in [5, 5.41) is 6.49. The number of anilines is 1. The molecule has 1 atom stereocenters. The van der Waals surface area contributed by atoms with Crippen molar-refractivity contribution in [2.75, 3.05) is 25.0 Å². The van der Waals surface area contributed by atoms with Gasteiger partial charge in [-0.1, -0.05) is 18.2 Å². The third-order valence-electron chi connectivity index (χ3n) is 3.47. The third kappa shape index (κ3) is 3.43. The Kier molecular flexibility index (Phi) is 4.00. The average Bonchev–Trinajstić information content (AvgIpc) is 2.54. The lowest BCUT2D eigenvalue weighted by molar-refractivity contribution is 0.161. The predicted octanol–water partition coefficient (Wildman–Crippen LogP) is 2.89. The number of aryl methyl sites for hydroxylation is 1. The molecule has 2 nitrogen and oxygen atoms in total. The van der Waals surface area contributed by atoms with Gasteiger partial charge in [-0.05, 0) is 50.9 Å². The summed E-state index contributed by atoms with van der Waals surface area (Å²) in [4.78, 5) is 0. The van der Waals surface area contributed by atoms with Gasteiger partial charge in [-0.3, -0.25) is 0 Å². The van der Waals surface area contributed by atoms with Gasteiger partial charge in [0.1, 0.15) is 5.67 Å². The zero-order chi connectivity index (χ0) is 12.1. The first-order valence-electron chi connectivity index (χ1n) is 6.39. The Balaban J connectivity index is 1.94. The summed E-state index contributed by atoms with van der Waals surface area (Å²) >= 11 is 0. The lowest BCUT2D eigenvalue weighted by Crippen LogP contribution is -2.33. The van der Waals surface area contributed by atoms with Gasteiger partial charge in [0.05, 0.1) is 0 Å². The van der Waals surface area contributed by atoms with E-state index in [2.05, 4.69) is 10.6 Å². The molecule has 1 aliphatic heterocycles. The molecule has 0 spiro atoms. The van der Waals surface area contributed by atoms with Crippen LogP contribution in [0, 0.1) is 6.92 Å². The van der Waals surface area contributed by atoms with Crippen LogP contribution in [0.25, 0.3) is 0 Å². The van der Waals surface area contributed by atoms with E-state index in [0.717, 1.165) is 25.2 Å². The fraction of sp³-hybridized carbons (Fsp3) is 0.571. The van der Waals surface area contributed by atoms with Crippen LogP contribution in [0.3, 0.4) is 0 Å². The van der Waals surface area contributed by atoms with E-state index in [0.29, 0.717) is 19.4 Å². The Morgan fingerprint density at radius 3 is 2.94 bits per heavy atom. The third-order valence-corrected chi connectivity index (χ3v) is 3.47. The molecule has 0 radical (unpaired) electrons. The molecule has 1 aliphatic rings. The van der Waals surface area contributed by atoms with E-state index in [-0.39, 0.29) is 0 Å². The van der Waals surface area contributed by atoms with Crippen LogP contribution in [0.1, 0.15) is 24.8 Å². The first-order chi connectivity index (χ1) is 8.20. The highest BCUT2D eigenvalue weighted by Crippen LogP contribution is 2.25. The van der Waals surface area contributed by atoms with Crippen LogP contribution in [0.2, 0.25) is 0 Å². The van der Waals surface area contributed by atoms with Gasteiger partial charge in [0, 0.05) is 12.2 Å². The first-order valence-corrected chi connectivity index (χ1v) is 6.39. The second-order valence-electron chi connectivity index (χ2n) is 4.92. The predicted molar refractivity (Wildman–Crippen MR) is 70.2 cm³/mol. The van der Waals surface area contributed by atoms with Crippen molar-refractivity contribution >= 4 is 5.69 Å². The van der Waals surface area contributed by atoms with E-state index in [1.54, 1.807) is 0 Å². The fourth-order valence-electron chi connectivity index (χ4n) is 2.29. The smallest absolute Gasteiger partial charge is 0.129 e. The summed E-state index contributed by atoms with van der Waals surface area (Å²) in [6, 6.07) is 8.03. The Morgan fingerprint density at radius 1 is 1.29 bits per heavy atom. The molecule has 1 saturated heterocycles. The molecule has 2 rings (SSSR count). The molecule has 1 aromatic rings. The number of halogens is 1. The van der Waals surface area contributed by atoms with Crippen molar-refractivity contribution in [1.29, 1.82) is 0 Å². The van der Waals surface area contributed by atoms with Crippen LogP contribution in [-0.2, 0) is 0 Å². The van der Waals surface area contributed by atoms with Crippen LogP contribution in [0.4, 0.5) is 10.1 Å². The SMILES string of the molecule is Cc1ccccc1NCC1(F)CCCNCC1. The molecule has 1 fully saturated rings. The van der Waals surface area contributed by atoms with Crippen molar-refractivity contribution in [3.05, 3.63) is 29.8 Å². The van der Waals surface area contributed by atoms with Gasteiger partial charge in [-0.15, -0.1) is 0 Å². The summed E-state index contributed by atoms with van der Waals surface area (Å²) in [6.45, 7) is 4.18. The molecule has 3 heteroatoms. The molecule has 1 aromatic carbocycles. The van der Waals surface area contributed by atoms with E-state index < -0.39 is 5.67 Å². The van der Waals surface area contributed by atoms with Crippen molar-refractivity contribution in [3.63, 3.8) is 0 Å². The largest absolute Gasteiger partial charge is 0.382 e. The van der Waals surface area contributed by atoms with Crippen LogP contribution >= 0.6 is 0 Å².